The zero-order chi connectivity index (χ0) is 37.4. The van der Waals surface area contributed by atoms with Gasteiger partial charge < -0.3 is 40.3 Å². The largest absolute Gasteiger partial charge is 0.394 e. The minimum Gasteiger partial charge on any atom is -0.394 e. The molecule has 0 saturated carbocycles. The van der Waals surface area contributed by atoms with E-state index in [4.69, 9.17) is 9.47 Å². The van der Waals surface area contributed by atoms with Gasteiger partial charge in [0.25, 0.3) is 0 Å². The summed E-state index contributed by atoms with van der Waals surface area (Å²) in [6.07, 6.45) is 28.2. The van der Waals surface area contributed by atoms with Crippen LogP contribution >= 0.6 is 0 Å². The lowest BCUT2D eigenvalue weighted by atomic mass is 9.99. The molecular formula is C42H83NO8. The number of ether oxygens (including phenoxy) is 2. The first-order valence-electron chi connectivity index (χ1n) is 21.7. The second kappa shape index (κ2) is 33.7. The SMILES string of the molecule is CCCCCCCCCCCCCCCCCC(O)C(COC1OC(CO)C(O)C(O)C1O)NC(=O)CCCCCCCCCCCCCCC. The van der Waals surface area contributed by atoms with Gasteiger partial charge in [-0.3, -0.25) is 4.79 Å². The summed E-state index contributed by atoms with van der Waals surface area (Å²) in [6.45, 7) is 3.83. The summed E-state index contributed by atoms with van der Waals surface area (Å²) in [6, 6.07) is -0.710. The molecule has 1 fully saturated rings. The van der Waals surface area contributed by atoms with Crippen molar-refractivity contribution in [1.29, 1.82) is 0 Å². The summed E-state index contributed by atoms with van der Waals surface area (Å²) in [4.78, 5) is 12.9. The first kappa shape index (κ1) is 48.2. The predicted octanol–water partition coefficient (Wildman–Crippen LogP) is 8.39. The van der Waals surface area contributed by atoms with Gasteiger partial charge in [-0.15, -0.1) is 0 Å². The Bertz CT molecular complexity index is 771. The van der Waals surface area contributed by atoms with E-state index >= 15 is 0 Å². The fourth-order valence-electron chi connectivity index (χ4n) is 7.16. The van der Waals surface area contributed by atoms with Crippen molar-refractivity contribution in [3.63, 3.8) is 0 Å². The molecule has 1 aliphatic heterocycles. The molecule has 1 aliphatic rings. The zero-order valence-electron chi connectivity index (χ0n) is 33.1. The molecule has 51 heavy (non-hydrogen) atoms. The standard InChI is InChI=1S/C42H83NO8/c1-3-5-7-9-11-13-15-17-18-20-21-23-25-27-29-31-36(45)35(34-50-42-41(49)40(48)39(47)37(33-44)51-42)43-38(46)32-30-28-26-24-22-19-16-14-12-10-8-6-4-2/h35-37,39-42,44-45,47-49H,3-34H2,1-2H3,(H,43,46). The second-order valence-corrected chi connectivity index (χ2v) is 15.5. The van der Waals surface area contributed by atoms with Crippen molar-refractivity contribution in [2.45, 2.75) is 249 Å². The lowest BCUT2D eigenvalue weighted by Gasteiger charge is -2.40. The Hall–Kier alpha value is -0.810. The van der Waals surface area contributed by atoms with Gasteiger partial charge in [0, 0.05) is 6.42 Å². The molecule has 1 saturated heterocycles. The third-order valence-corrected chi connectivity index (χ3v) is 10.7. The Labute approximate surface area is 313 Å². The normalized spacial score (nSPS) is 21.9. The first-order valence-corrected chi connectivity index (χ1v) is 21.7. The van der Waals surface area contributed by atoms with Crippen LogP contribution in [0.1, 0.15) is 206 Å². The fraction of sp³-hybridized carbons (Fsp3) is 0.976. The molecule has 0 aromatic heterocycles. The summed E-state index contributed by atoms with van der Waals surface area (Å²) >= 11 is 0. The van der Waals surface area contributed by atoms with Gasteiger partial charge in [0.1, 0.15) is 24.4 Å². The minimum absolute atomic E-state index is 0.132. The number of amides is 1. The maximum absolute atomic E-state index is 12.9. The third-order valence-electron chi connectivity index (χ3n) is 10.7. The molecule has 0 aliphatic carbocycles. The summed E-state index contributed by atoms with van der Waals surface area (Å²) in [5.74, 6) is -0.143. The van der Waals surface area contributed by atoms with Crippen LogP contribution < -0.4 is 5.32 Å². The molecule has 6 N–H and O–H groups in total. The van der Waals surface area contributed by atoms with Crippen molar-refractivity contribution in [3.05, 3.63) is 0 Å². The van der Waals surface area contributed by atoms with Crippen molar-refractivity contribution in [2.24, 2.45) is 0 Å². The van der Waals surface area contributed by atoms with Crippen molar-refractivity contribution in [1.82, 2.24) is 5.32 Å². The number of aliphatic hydroxyl groups excluding tert-OH is 5. The van der Waals surface area contributed by atoms with E-state index in [-0.39, 0.29) is 12.5 Å². The summed E-state index contributed by atoms with van der Waals surface area (Å²) < 4.78 is 11.2. The highest BCUT2D eigenvalue weighted by Gasteiger charge is 2.44. The van der Waals surface area contributed by atoms with Crippen LogP contribution in [0, 0.1) is 0 Å². The number of carbonyl (C=O) groups is 1. The van der Waals surface area contributed by atoms with E-state index in [1.54, 1.807) is 0 Å². The van der Waals surface area contributed by atoms with E-state index < -0.39 is 49.5 Å². The van der Waals surface area contributed by atoms with E-state index in [1.165, 1.54) is 141 Å². The van der Waals surface area contributed by atoms with Gasteiger partial charge in [0.2, 0.25) is 5.91 Å². The van der Waals surface area contributed by atoms with Crippen LogP contribution in [0.4, 0.5) is 0 Å². The van der Waals surface area contributed by atoms with Gasteiger partial charge in [-0.05, 0) is 12.8 Å². The van der Waals surface area contributed by atoms with Crippen LogP contribution in [0.2, 0.25) is 0 Å². The molecule has 304 valence electrons. The Morgan fingerprint density at radius 3 is 1.39 bits per heavy atom. The third kappa shape index (κ3) is 25.0. The van der Waals surface area contributed by atoms with Crippen molar-refractivity contribution < 1.29 is 39.8 Å². The van der Waals surface area contributed by atoms with Crippen LogP contribution in [0.5, 0.6) is 0 Å². The van der Waals surface area contributed by atoms with Crippen molar-refractivity contribution in [2.75, 3.05) is 13.2 Å². The summed E-state index contributed by atoms with van der Waals surface area (Å²) in [7, 11) is 0. The number of hydrogen-bond donors (Lipinski definition) is 6. The molecule has 0 radical (unpaired) electrons. The lowest BCUT2D eigenvalue weighted by Crippen LogP contribution is -2.60. The molecule has 7 atom stereocenters. The molecule has 9 heteroatoms. The van der Waals surface area contributed by atoms with E-state index in [9.17, 15) is 30.3 Å². The van der Waals surface area contributed by atoms with Gasteiger partial charge >= 0.3 is 0 Å². The average Bonchev–Trinajstić information content (AvgIpc) is 3.13. The number of nitrogens with one attached hydrogen (secondary N) is 1. The van der Waals surface area contributed by atoms with Crippen molar-refractivity contribution in [3.8, 4) is 0 Å². The number of hydrogen-bond acceptors (Lipinski definition) is 8. The van der Waals surface area contributed by atoms with Gasteiger partial charge in [-0.1, -0.05) is 187 Å². The van der Waals surface area contributed by atoms with Gasteiger partial charge in [0.05, 0.1) is 25.4 Å². The predicted molar refractivity (Wildman–Crippen MR) is 208 cm³/mol. The van der Waals surface area contributed by atoms with Crippen molar-refractivity contribution >= 4 is 5.91 Å². The van der Waals surface area contributed by atoms with Crippen LogP contribution in [-0.4, -0.2) is 87.5 Å². The molecule has 1 rings (SSSR count). The highest BCUT2D eigenvalue weighted by Crippen LogP contribution is 2.23. The monoisotopic (exact) mass is 730 g/mol. The first-order chi connectivity index (χ1) is 24.8. The van der Waals surface area contributed by atoms with Crippen LogP contribution in [0.25, 0.3) is 0 Å². The van der Waals surface area contributed by atoms with E-state index in [1.807, 2.05) is 0 Å². The maximum Gasteiger partial charge on any atom is 0.220 e. The van der Waals surface area contributed by atoms with Gasteiger partial charge in [0.15, 0.2) is 6.29 Å². The number of carbonyl (C=O) groups excluding carboxylic acids is 1. The summed E-state index contributed by atoms with van der Waals surface area (Å²) in [5.41, 5.74) is 0. The Morgan fingerprint density at radius 2 is 0.980 bits per heavy atom. The smallest absolute Gasteiger partial charge is 0.220 e. The molecule has 0 aromatic carbocycles. The second-order valence-electron chi connectivity index (χ2n) is 15.5. The van der Waals surface area contributed by atoms with Gasteiger partial charge in [-0.25, -0.2) is 0 Å². The molecular weight excluding hydrogens is 646 g/mol. The van der Waals surface area contributed by atoms with E-state index in [0.717, 1.165) is 38.5 Å². The Kier molecular flexibility index (Phi) is 31.9. The molecule has 1 amide bonds. The van der Waals surface area contributed by atoms with E-state index in [2.05, 4.69) is 19.2 Å². The topological polar surface area (TPSA) is 149 Å². The summed E-state index contributed by atoms with van der Waals surface area (Å²) in [5, 5.41) is 54.2. The molecule has 0 aromatic rings. The fourth-order valence-corrected chi connectivity index (χ4v) is 7.16. The molecule has 9 nitrogen and oxygen atoms in total. The Balaban J connectivity index is 2.35. The quantitative estimate of drug-likeness (QED) is 0.0353. The highest BCUT2D eigenvalue weighted by atomic mass is 16.7. The number of aliphatic hydroxyl groups is 5. The number of rotatable bonds is 36. The molecule has 0 spiro atoms. The minimum atomic E-state index is -1.55. The number of unbranched alkanes of at least 4 members (excludes halogenated alkanes) is 26. The molecule has 1 heterocycles. The Morgan fingerprint density at radius 1 is 0.588 bits per heavy atom. The van der Waals surface area contributed by atoms with Crippen LogP contribution in [0.15, 0.2) is 0 Å². The lowest BCUT2D eigenvalue weighted by molar-refractivity contribution is -0.302. The van der Waals surface area contributed by atoms with Gasteiger partial charge in [-0.2, -0.15) is 0 Å². The highest BCUT2D eigenvalue weighted by molar-refractivity contribution is 5.76. The van der Waals surface area contributed by atoms with E-state index in [0.29, 0.717) is 12.8 Å². The maximum atomic E-state index is 12.9. The van der Waals surface area contributed by atoms with Crippen LogP contribution in [-0.2, 0) is 14.3 Å². The molecule has 0 bridgehead atoms. The zero-order valence-corrected chi connectivity index (χ0v) is 33.1. The van der Waals surface area contributed by atoms with Crippen LogP contribution in [0.3, 0.4) is 0 Å². The average molecular weight is 730 g/mol. The molecule has 7 unspecified atom stereocenters.